The van der Waals surface area contributed by atoms with Crippen molar-refractivity contribution in [3.05, 3.63) is 77.9 Å². The van der Waals surface area contributed by atoms with Gasteiger partial charge in [0.05, 0.1) is 13.2 Å². The SMILES string of the molecule is CCOc1ccc(C(=O)NC(C(=O)NCc2cccc(Cn3cncn3)c2)C(C)C)cc1. The molecule has 3 rings (SSSR count). The van der Waals surface area contributed by atoms with Gasteiger partial charge in [-0.3, -0.25) is 9.59 Å². The molecule has 0 aliphatic heterocycles. The highest BCUT2D eigenvalue weighted by Crippen LogP contribution is 2.13. The fourth-order valence-corrected chi connectivity index (χ4v) is 3.27. The van der Waals surface area contributed by atoms with Crippen LogP contribution in [0.25, 0.3) is 0 Å². The van der Waals surface area contributed by atoms with Gasteiger partial charge in [-0.15, -0.1) is 0 Å². The quantitative estimate of drug-likeness (QED) is 0.510. The number of nitrogens with one attached hydrogen (secondary N) is 2. The molecule has 3 aromatic rings. The second kappa shape index (κ2) is 11.1. The number of rotatable bonds is 10. The number of nitrogens with zero attached hydrogens (tertiary/aromatic N) is 3. The second-order valence-corrected chi connectivity index (χ2v) is 7.78. The van der Waals surface area contributed by atoms with Crippen LogP contribution in [0.3, 0.4) is 0 Å². The van der Waals surface area contributed by atoms with Crippen molar-refractivity contribution in [1.29, 1.82) is 0 Å². The van der Waals surface area contributed by atoms with Gasteiger partial charge in [0.1, 0.15) is 24.4 Å². The van der Waals surface area contributed by atoms with E-state index in [1.165, 1.54) is 6.33 Å². The van der Waals surface area contributed by atoms with E-state index in [2.05, 4.69) is 20.7 Å². The van der Waals surface area contributed by atoms with Gasteiger partial charge in [-0.25, -0.2) is 9.67 Å². The fraction of sp³-hybridized carbons (Fsp3) is 0.333. The minimum Gasteiger partial charge on any atom is -0.494 e. The standard InChI is InChI=1S/C24H29N5O3/c1-4-32-21-10-8-20(9-11-21)23(30)28-22(17(2)3)24(31)26-13-18-6-5-7-19(12-18)14-29-16-25-15-27-29/h5-12,15-17,22H,4,13-14H2,1-3H3,(H,26,31)(H,28,30). The summed E-state index contributed by atoms with van der Waals surface area (Å²) in [7, 11) is 0. The largest absolute Gasteiger partial charge is 0.494 e. The summed E-state index contributed by atoms with van der Waals surface area (Å²) < 4.78 is 7.14. The maximum absolute atomic E-state index is 12.8. The molecule has 8 nitrogen and oxygen atoms in total. The van der Waals surface area contributed by atoms with E-state index >= 15 is 0 Å². The number of carbonyl (C=O) groups is 2. The summed E-state index contributed by atoms with van der Waals surface area (Å²) in [5.74, 6) is 0.117. The Morgan fingerprint density at radius 3 is 2.50 bits per heavy atom. The molecule has 1 unspecified atom stereocenters. The zero-order valence-corrected chi connectivity index (χ0v) is 18.6. The third-order valence-corrected chi connectivity index (χ3v) is 4.93. The van der Waals surface area contributed by atoms with Crippen molar-refractivity contribution in [2.24, 2.45) is 5.92 Å². The Kier molecular flexibility index (Phi) is 7.96. The first-order valence-electron chi connectivity index (χ1n) is 10.7. The molecule has 0 aliphatic carbocycles. The summed E-state index contributed by atoms with van der Waals surface area (Å²) in [4.78, 5) is 29.4. The third kappa shape index (κ3) is 6.41. The van der Waals surface area contributed by atoms with Crippen LogP contribution in [0.1, 0.15) is 42.3 Å². The van der Waals surface area contributed by atoms with Gasteiger partial charge in [-0.2, -0.15) is 5.10 Å². The molecule has 168 valence electrons. The lowest BCUT2D eigenvalue weighted by Gasteiger charge is -2.22. The number of benzene rings is 2. The first-order valence-corrected chi connectivity index (χ1v) is 10.7. The normalized spacial score (nSPS) is 11.8. The second-order valence-electron chi connectivity index (χ2n) is 7.78. The molecule has 8 heteroatoms. The first kappa shape index (κ1) is 23.0. The minimum atomic E-state index is -0.646. The summed E-state index contributed by atoms with van der Waals surface area (Å²) >= 11 is 0. The number of hydrogen-bond donors (Lipinski definition) is 2. The van der Waals surface area contributed by atoms with E-state index < -0.39 is 6.04 Å². The molecule has 2 aromatic carbocycles. The first-order chi connectivity index (χ1) is 15.5. The third-order valence-electron chi connectivity index (χ3n) is 4.93. The molecule has 0 saturated carbocycles. The summed E-state index contributed by atoms with van der Waals surface area (Å²) in [6.07, 6.45) is 3.16. The molecule has 0 fully saturated rings. The van der Waals surface area contributed by atoms with Crippen molar-refractivity contribution in [3.8, 4) is 5.75 Å². The molecule has 1 atom stereocenters. The fourth-order valence-electron chi connectivity index (χ4n) is 3.27. The average Bonchev–Trinajstić information content (AvgIpc) is 3.29. The van der Waals surface area contributed by atoms with E-state index in [0.717, 1.165) is 11.1 Å². The van der Waals surface area contributed by atoms with Gasteiger partial charge in [-0.05, 0) is 48.2 Å². The molecule has 1 heterocycles. The minimum absolute atomic E-state index is 0.0692. The maximum atomic E-state index is 12.8. The molecule has 1 aromatic heterocycles. The van der Waals surface area contributed by atoms with Crippen molar-refractivity contribution in [2.45, 2.75) is 39.9 Å². The number of aromatic nitrogens is 3. The lowest BCUT2D eigenvalue weighted by molar-refractivity contribution is -0.124. The summed E-state index contributed by atoms with van der Waals surface area (Å²) in [5, 5.41) is 9.90. The van der Waals surface area contributed by atoms with Gasteiger partial charge in [0.25, 0.3) is 5.91 Å². The predicted molar refractivity (Wildman–Crippen MR) is 121 cm³/mol. The lowest BCUT2D eigenvalue weighted by Crippen LogP contribution is -2.49. The molecule has 0 radical (unpaired) electrons. The zero-order chi connectivity index (χ0) is 22.9. The summed E-state index contributed by atoms with van der Waals surface area (Å²) in [6.45, 7) is 7.24. The van der Waals surface area contributed by atoms with Crippen LogP contribution < -0.4 is 15.4 Å². The molecule has 0 saturated heterocycles. The van der Waals surface area contributed by atoms with Crippen LogP contribution in [-0.4, -0.2) is 39.2 Å². The molecule has 2 amide bonds. The Morgan fingerprint density at radius 1 is 1.09 bits per heavy atom. The molecular weight excluding hydrogens is 406 g/mol. The predicted octanol–water partition coefficient (Wildman–Crippen LogP) is 2.80. The zero-order valence-electron chi connectivity index (χ0n) is 18.6. The van der Waals surface area contributed by atoms with Gasteiger partial charge in [0, 0.05) is 12.1 Å². The average molecular weight is 436 g/mol. The van der Waals surface area contributed by atoms with Crippen molar-refractivity contribution in [3.63, 3.8) is 0 Å². The van der Waals surface area contributed by atoms with E-state index in [0.29, 0.717) is 31.0 Å². The van der Waals surface area contributed by atoms with Crippen LogP contribution in [0.2, 0.25) is 0 Å². The van der Waals surface area contributed by atoms with Crippen LogP contribution in [0, 0.1) is 5.92 Å². The Labute approximate surface area is 188 Å². The van der Waals surface area contributed by atoms with Crippen LogP contribution in [0.5, 0.6) is 5.75 Å². The van der Waals surface area contributed by atoms with Crippen LogP contribution in [0.15, 0.2) is 61.2 Å². The highest BCUT2D eigenvalue weighted by molar-refractivity contribution is 5.97. The van der Waals surface area contributed by atoms with E-state index in [-0.39, 0.29) is 17.7 Å². The van der Waals surface area contributed by atoms with Gasteiger partial charge in [-0.1, -0.05) is 38.1 Å². The van der Waals surface area contributed by atoms with Gasteiger partial charge in [0.2, 0.25) is 5.91 Å². The monoisotopic (exact) mass is 435 g/mol. The Hall–Kier alpha value is -3.68. The molecule has 0 spiro atoms. The highest BCUT2D eigenvalue weighted by Gasteiger charge is 2.24. The molecule has 2 N–H and O–H groups in total. The van der Waals surface area contributed by atoms with Crippen molar-refractivity contribution in [1.82, 2.24) is 25.4 Å². The molecule has 0 aliphatic rings. The van der Waals surface area contributed by atoms with Crippen LogP contribution in [-0.2, 0) is 17.9 Å². The van der Waals surface area contributed by atoms with Crippen molar-refractivity contribution < 1.29 is 14.3 Å². The van der Waals surface area contributed by atoms with Crippen LogP contribution in [0.4, 0.5) is 0 Å². The topological polar surface area (TPSA) is 98.1 Å². The van der Waals surface area contributed by atoms with E-state index in [1.807, 2.05) is 45.0 Å². The summed E-state index contributed by atoms with van der Waals surface area (Å²) in [6, 6.07) is 14.1. The van der Waals surface area contributed by atoms with Gasteiger partial charge < -0.3 is 15.4 Å². The van der Waals surface area contributed by atoms with Crippen LogP contribution >= 0.6 is 0 Å². The summed E-state index contributed by atoms with van der Waals surface area (Å²) in [5.41, 5.74) is 2.51. The number of amides is 2. The number of hydrogen-bond acceptors (Lipinski definition) is 5. The maximum Gasteiger partial charge on any atom is 0.251 e. The highest BCUT2D eigenvalue weighted by atomic mass is 16.5. The number of carbonyl (C=O) groups excluding carboxylic acids is 2. The van der Waals surface area contributed by atoms with Gasteiger partial charge in [0.15, 0.2) is 0 Å². The smallest absolute Gasteiger partial charge is 0.251 e. The lowest BCUT2D eigenvalue weighted by atomic mass is 10.0. The molecule has 32 heavy (non-hydrogen) atoms. The van der Waals surface area contributed by atoms with Crippen molar-refractivity contribution in [2.75, 3.05) is 6.61 Å². The Balaban J connectivity index is 1.58. The number of ether oxygens (including phenoxy) is 1. The Morgan fingerprint density at radius 2 is 1.84 bits per heavy atom. The van der Waals surface area contributed by atoms with Crippen molar-refractivity contribution >= 4 is 11.8 Å². The van der Waals surface area contributed by atoms with E-state index in [4.69, 9.17) is 4.74 Å². The van der Waals surface area contributed by atoms with E-state index in [9.17, 15) is 9.59 Å². The van der Waals surface area contributed by atoms with Gasteiger partial charge >= 0.3 is 0 Å². The Bertz CT molecular complexity index is 1020. The van der Waals surface area contributed by atoms with E-state index in [1.54, 1.807) is 35.3 Å². The molecular formula is C24H29N5O3. The molecule has 0 bridgehead atoms.